The molecule has 0 spiro atoms. The molecule has 6 saturated carbocycles. The van der Waals surface area contributed by atoms with E-state index in [2.05, 4.69) is 30.7 Å². The molecule has 0 amide bonds. The number of hydrogen-bond donors (Lipinski definition) is 2. The van der Waals surface area contributed by atoms with Gasteiger partial charge in [-0.15, -0.1) is 0 Å². The summed E-state index contributed by atoms with van der Waals surface area (Å²) in [6.45, 7) is 8.51. The number of ketones is 4. The number of ether oxygens (including phenoxy) is 2. The number of hydrogen-bond acceptors (Lipinski definition) is 17. The molecule has 8 aliphatic carbocycles. The van der Waals surface area contributed by atoms with Crippen molar-refractivity contribution in [1.29, 1.82) is 0 Å². The number of benzene rings is 2. The minimum Gasteiger partial charge on any atom is -0.457 e. The predicted molar refractivity (Wildman–Crippen MR) is 322 cm³/mol. The Balaban J connectivity index is 0.000000160. The van der Waals surface area contributed by atoms with Crippen LogP contribution in [0.3, 0.4) is 0 Å². The highest BCUT2D eigenvalue weighted by molar-refractivity contribution is 8.00. The fraction of sp³-hybridized carbons (Fsp3) is 0.515. The van der Waals surface area contributed by atoms with Crippen molar-refractivity contribution in [3.05, 3.63) is 126 Å². The molecule has 6 aromatic rings. The van der Waals surface area contributed by atoms with E-state index in [1.807, 2.05) is 79.2 Å². The topological polar surface area (TPSA) is 231 Å². The van der Waals surface area contributed by atoms with Crippen LogP contribution in [0.25, 0.3) is 22.1 Å². The van der Waals surface area contributed by atoms with Gasteiger partial charge in [0.25, 0.3) is 0 Å². The van der Waals surface area contributed by atoms with Gasteiger partial charge in [0, 0.05) is 30.7 Å². The smallest absolute Gasteiger partial charge is 0.375 e. The second-order valence-electron chi connectivity index (χ2n) is 26.7. The Kier molecular flexibility index (Phi) is 15.0. The zero-order chi connectivity index (χ0) is 60.1. The summed E-state index contributed by atoms with van der Waals surface area (Å²) in [5.41, 5.74) is 0.821. The van der Waals surface area contributed by atoms with Crippen molar-refractivity contribution in [1.82, 2.24) is 19.5 Å². The Morgan fingerprint density at radius 3 is 1.59 bits per heavy atom. The van der Waals surface area contributed by atoms with Crippen LogP contribution in [0.2, 0.25) is 0 Å². The van der Waals surface area contributed by atoms with E-state index in [0.29, 0.717) is 43.6 Å². The number of aliphatic hydroxyl groups is 2. The van der Waals surface area contributed by atoms with Crippen molar-refractivity contribution >= 4 is 80.7 Å². The number of aryl methyl sites for hydroxylation is 1. The van der Waals surface area contributed by atoms with Crippen molar-refractivity contribution in [3.63, 3.8) is 0 Å². The lowest BCUT2D eigenvalue weighted by Gasteiger charge is -2.60. The molecule has 2 aromatic carbocycles. The van der Waals surface area contributed by atoms with Crippen molar-refractivity contribution in [3.8, 4) is 0 Å². The van der Waals surface area contributed by atoms with Gasteiger partial charge in [0.2, 0.25) is 11.5 Å². The van der Waals surface area contributed by atoms with E-state index in [4.69, 9.17) is 23.3 Å². The van der Waals surface area contributed by atoms with Crippen molar-refractivity contribution < 1.29 is 57.3 Å². The number of rotatable bonds is 12. The summed E-state index contributed by atoms with van der Waals surface area (Å²) in [6.07, 6.45) is 15.5. The quantitative estimate of drug-likeness (QED) is 0.0857. The highest BCUT2D eigenvalue weighted by Crippen LogP contribution is 2.70. The number of thioether (sulfide) groups is 2. The molecule has 14 atom stereocenters. The Bertz CT molecular complexity index is 3760. The molecule has 6 fully saturated rings. The zero-order valence-corrected chi connectivity index (χ0v) is 51.0. The summed E-state index contributed by atoms with van der Waals surface area (Å²) in [7, 11) is 1.94. The molecule has 450 valence electrons. The van der Waals surface area contributed by atoms with E-state index in [1.165, 1.54) is 36.1 Å². The van der Waals surface area contributed by atoms with Crippen LogP contribution in [0.4, 0.5) is 0 Å². The fourth-order valence-corrected chi connectivity index (χ4v) is 20.4. The van der Waals surface area contributed by atoms with E-state index < -0.39 is 46.2 Å². The molecule has 18 heteroatoms. The highest BCUT2D eigenvalue weighted by atomic mass is 32.2. The monoisotopic (exact) mass is 1200 g/mol. The van der Waals surface area contributed by atoms with Gasteiger partial charge in [-0.05, 0) is 184 Å². The average Bonchev–Trinajstić information content (AvgIpc) is 1.40. The molecule has 14 rings (SSSR count). The number of esters is 2. The molecule has 4 heterocycles. The minimum absolute atomic E-state index is 0.000254. The first-order valence-electron chi connectivity index (χ1n) is 30.5. The molecular formula is C68H74N4O12S2. The molecule has 0 bridgehead atoms. The van der Waals surface area contributed by atoms with Crippen molar-refractivity contribution in [2.75, 3.05) is 11.5 Å². The summed E-state index contributed by atoms with van der Waals surface area (Å²) < 4.78 is 25.4. The first kappa shape index (κ1) is 58.5. The second-order valence-corrected chi connectivity index (χ2v) is 28.6. The zero-order valence-electron chi connectivity index (χ0n) is 49.3. The summed E-state index contributed by atoms with van der Waals surface area (Å²) in [5.74, 6) is -0.603. The molecule has 2 N–H and O–H groups in total. The van der Waals surface area contributed by atoms with Gasteiger partial charge in [0.05, 0.1) is 64.5 Å². The summed E-state index contributed by atoms with van der Waals surface area (Å²) in [4.78, 5) is 94.4. The molecule has 8 aliphatic rings. The van der Waals surface area contributed by atoms with Gasteiger partial charge in [-0.25, -0.2) is 19.6 Å². The van der Waals surface area contributed by atoms with E-state index in [0.717, 1.165) is 89.7 Å². The Morgan fingerprint density at radius 1 is 0.605 bits per heavy atom. The number of carbonyl (C=O) groups excluding carboxylic acids is 6. The first-order chi connectivity index (χ1) is 41.2. The van der Waals surface area contributed by atoms with Crippen LogP contribution >= 0.6 is 23.5 Å². The average molecular weight is 1200 g/mol. The third kappa shape index (κ3) is 9.34. The molecule has 86 heavy (non-hydrogen) atoms. The van der Waals surface area contributed by atoms with E-state index in [-0.39, 0.29) is 92.5 Å². The summed E-state index contributed by atoms with van der Waals surface area (Å²) in [6, 6.07) is 21.8. The van der Waals surface area contributed by atoms with Gasteiger partial charge in [0.1, 0.15) is 5.03 Å². The van der Waals surface area contributed by atoms with Crippen molar-refractivity contribution in [2.45, 2.75) is 151 Å². The fourth-order valence-electron chi connectivity index (χ4n) is 18.7. The molecule has 0 saturated heterocycles. The number of allylic oxidation sites excluding steroid dienone is 2. The summed E-state index contributed by atoms with van der Waals surface area (Å²) in [5, 5.41) is 25.2. The normalized spacial score (nSPS) is 35.1. The number of fused-ring (bicyclic) bond motifs is 12. The number of aliphatic hydroxyl groups excluding tert-OH is 2. The Morgan fingerprint density at radius 2 is 1.09 bits per heavy atom. The molecule has 0 radical (unpaired) electrons. The van der Waals surface area contributed by atoms with Crippen LogP contribution in [0, 0.1) is 57.2 Å². The largest absolute Gasteiger partial charge is 0.457 e. The number of para-hydroxylation sites is 4. The first-order valence-corrected chi connectivity index (χ1v) is 32.5. The Hall–Kier alpha value is -6.47. The molecule has 10 unspecified atom stereocenters. The molecule has 0 aliphatic heterocycles. The lowest BCUT2D eigenvalue weighted by atomic mass is 9.45. The Labute approximate surface area is 508 Å². The van der Waals surface area contributed by atoms with Gasteiger partial charge in [-0.1, -0.05) is 86.6 Å². The standard InChI is InChI=1S/C34H38N2O6S.C34H36N2O6S/c1-32-14-12-21(37)17-20(32)10-11-22-23-13-15-34(33(23,2)18-26(38)29(22)32,42-30(40)27-9-6-16-41-27)28(39)19-43-31-35-24-7-4-5-8-25(24)36(31)3;1-32-13-11-21(37)16-20(32)9-10-22-23-12-14-34(33(23,2)17-26(38)30(22)32,42-31(40)27-8-5-15-41-27)28(39)19-43-29-18-35-24-6-3-4-7-25(24)36-29/h4-9,16-17,22-23,26,29,38H,10-15,18-19H2,1-3H3;3-8,15-16,18,22-23,26,30,38H,9-14,17,19H2,1-2H3/t22?,23?,26-,29?,32?,33?,34-;22?,23?,26-,30?,32?,33?,34-/m00/s1. The molecule has 4 aromatic heterocycles. The van der Waals surface area contributed by atoms with Crippen LogP contribution < -0.4 is 0 Å². The number of Topliss-reactive ketones (excluding diaryl/α,β-unsaturated/α-hetero) is 2. The lowest BCUT2D eigenvalue weighted by Crippen LogP contribution is -2.63. The number of carbonyl (C=O) groups is 6. The van der Waals surface area contributed by atoms with Gasteiger partial charge in [-0.2, -0.15) is 0 Å². The van der Waals surface area contributed by atoms with Gasteiger partial charge in [-0.3, -0.25) is 24.2 Å². The predicted octanol–water partition coefficient (Wildman–Crippen LogP) is 11.9. The van der Waals surface area contributed by atoms with Gasteiger partial charge in [0.15, 0.2) is 39.5 Å². The highest BCUT2D eigenvalue weighted by Gasteiger charge is 2.72. The number of furan rings is 2. The van der Waals surface area contributed by atoms with Crippen LogP contribution in [0.15, 0.2) is 134 Å². The van der Waals surface area contributed by atoms with Crippen LogP contribution in [-0.4, -0.2) is 99.7 Å². The maximum Gasteiger partial charge on any atom is 0.375 e. The van der Waals surface area contributed by atoms with E-state index >= 15 is 0 Å². The van der Waals surface area contributed by atoms with Gasteiger partial charge >= 0.3 is 11.9 Å². The van der Waals surface area contributed by atoms with E-state index in [9.17, 15) is 39.0 Å². The molecular weight excluding hydrogens is 1130 g/mol. The van der Waals surface area contributed by atoms with Crippen LogP contribution in [0.1, 0.15) is 139 Å². The number of imidazole rings is 1. The van der Waals surface area contributed by atoms with Crippen molar-refractivity contribution in [2.24, 2.45) is 64.2 Å². The maximum atomic E-state index is 14.5. The lowest BCUT2D eigenvalue weighted by molar-refractivity contribution is -0.180. The number of nitrogens with zero attached hydrogens (tertiary/aromatic N) is 4. The van der Waals surface area contributed by atoms with E-state index in [1.54, 1.807) is 30.5 Å². The van der Waals surface area contributed by atoms with Gasteiger partial charge < -0.3 is 33.1 Å². The third-order valence-electron chi connectivity index (χ3n) is 22.8. The maximum absolute atomic E-state index is 14.5. The van der Waals surface area contributed by atoms with Crippen LogP contribution in [-0.2, 0) is 35.7 Å². The minimum atomic E-state index is -1.43. The second kappa shape index (κ2) is 22.0. The SMILES string of the molecule is CC12CCC(=O)C=C1CCC1C2[C@@H](O)CC2(C)C1CC[C@]2(OC(=O)c1ccco1)C(=O)CSc1cnc2ccccc2n1.Cn1c(SCC(=O)[C@@]2(OC(=O)c3ccco3)CCC3C4CCC5=CC(=O)CCC5(C)C4[C@@H](O)CC32C)nc2ccccc21. The number of aromatic nitrogens is 4. The third-order valence-corrected chi connectivity index (χ3v) is 24.7. The summed E-state index contributed by atoms with van der Waals surface area (Å²) >= 11 is 2.64. The molecule has 16 nitrogen and oxygen atoms in total. The van der Waals surface area contributed by atoms with Crippen LogP contribution in [0.5, 0.6) is 0 Å².